The fourth-order valence-electron chi connectivity index (χ4n) is 2.48. The first-order valence-corrected chi connectivity index (χ1v) is 8.33. The fraction of sp³-hybridized carbons (Fsp3) is 0.300. The smallest absolute Gasteiger partial charge is 0.251 e. The Morgan fingerprint density at radius 1 is 1.08 bits per heavy atom. The monoisotopic (exact) mass is 358 g/mol. The number of amides is 2. The lowest BCUT2D eigenvalue weighted by molar-refractivity contribution is -0.118. The van der Waals surface area contributed by atoms with Crippen LogP contribution in [-0.4, -0.2) is 25.0 Å². The maximum atomic E-state index is 13.2. The summed E-state index contributed by atoms with van der Waals surface area (Å²) >= 11 is 0. The van der Waals surface area contributed by atoms with Gasteiger partial charge in [-0.25, -0.2) is 4.39 Å². The highest BCUT2D eigenvalue weighted by Crippen LogP contribution is 2.17. The zero-order chi connectivity index (χ0) is 19.3. The van der Waals surface area contributed by atoms with Gasteiger partial charge in [-0.3, -0.25) is 9.59 Å². The van der Waals surface area contributed by atoms with Crippen LogP contribution in [0.2, 0.25) is 0 Å². The fourth-order valence-corrected chi connectivity index (χ4v) is 2.48. The van der Waals surface area contributed by atoms with Crippen molar-refractivity contribution in [3.8, 4) is 5.75 Å². The van der Waals surface area contributed by atoms with E-state index in [4.69, 9.17) is 4.74 Å². The molecule has 2 aromatic rings. The van der Waals surface area contributed by atoms with Crippen molar-refractivity contribution in [3.05, 3.63) is 59.4 Å². The predicted octanol–water partition coefficient (Wildman–Crippen LogP) is 3.54. The number of anilines is 1. The molecule has 0 fully saturated rings. The molecule has 2 N–H and O–H groups in total. The van der Waals surface area contributed by atoms with Crippen molar-refractivity contribution in [2.24, 2.45) is 5.92 Å². The van der Waals surface area contributed by atoms with Crippen LogP contribution >= 0.6 is 0 Å². The minimum absolute atomic E-state index is 0.127. The van der Waals surface area contributed by atoms with E-state index in [1.165, 1.54) is 18.2 Å². The molecule has 0 aliphatic rings. The number of ether oxygens (including phenoxy) is 1. The van der Waals surface area contributed by atoms with E-state index in [1.54, 1.807) is 38.3 Å². The van der Waals surface area contributed by atoms with Crippen molar-refractivity contribution in [1.82, 2.24) is 5.32 Å². The first-order valence-electron chi connectivity index (χ1n) is 8.33. The first-order chi connectivity index (χ1) is 12.3. The quantitative estimate of drug-likeness (QED) is 0.830. The molecule has 1 atom stereocenters. The van der Waals surface area contributed by atoms with E-state index in [0.29, 0.717) is 22.6 Å². The number of halogens is 1. The lowest BCUT2D eigenvalue weighted by atomic mass is 10.0. The van der Waals surface area contributed by atoms with E-state index in [9.17, 15) is 14.0 Å². The lowest BCUT2D eigenvalue weighted by Gasteiger charge is -2.22. The normalized spacial score (nSPS) is 11.8. The van der Waals surface area contributed by atoms with Crippen molar-refractivity contribution in [1.29, 1.82) is 0 Å². The molecule has 2 amide bonds. The molecule has 2 rings (SSSR count). The topological polar surface area (TPSA) is 67.4 Å². The molecular weight excluding hydrogens is 335 g/mol. The number of benzene rings is 2. The molecule has 6 heteroatoms. The van der Waals surface area contributed by atoms with Crippen LogP contribution in [0, 0.1) is 18.7 Å². The third-order valence-corrected chi connectivity index (χ3v) is 4.03. The van der Waals surface area contributed by atoms with Crippen LogP contribution in [0.3, 0.4) is 0 Å². The van der Waals surface area contributed by atoms with E-state index in [-0.39, 0.29) is 23.5 Å². The van der Waals surface area contributed by atoms with Gasteiger partial charge in [0.05, 0.1) is 7.11 Å². The molecule has 0 heterocycles. The summed E-state index contributed by atoms with van der Waals surface area (Å²) in [5.41, 5.74) is 1.56. The summed E-state index contributed by atoms with van der Waals surface area (Å²) in [5.74, 6) is -0.549. The van der Waals surface area contributed by atoms with Crippen molar-refractivity contribution < 1.29 is 18.7 Å². The number of aryl methyl sites for hydroxylation is 1. The van der Waals surface area contributed by atoms with Gasteiger partial charge in [-0.2, -0.15) is 0 Å². The van der Waals surface area contributed by atoms with Crippen LogP contribution in [0.25, 0.3) is 0 Å². The Hall–Kier alpha value is -2.89. The SMILES string of the molecule is COc1ccc(C(=O)NC(C(=O)Nc2ccc(F)cc2C)C(C)C)cc1. The largest absolute Gasteiger partial charge is 0.497 e. The summed E-state index contributed by atoms with van der Waals surface area (Å²) in [6, 6.07) is 10.0. The van der Waals surface area contributed by atoms with Crippen LogP contribution < -0.4 is 15.4 Å². The first kappa shape index (κ1) is 19.4. The second-order valence-corrected chi connectivity index (χ2v) is 6.37. The Morgan fingerprint density at radius 3 is 2.27 bits per heavy atom. The molecular formula is C20H23FN2O3. The minimum Gasteiger partial charge on any atom is -0.497 e. The van der Waals surface area contributed by atoms with Crippen molar-refractivity contribution in [2.75, 3.05) is 12.4 Å². The second-order valence-electron chi connectivity index (χ2n) is 6.37. The third-order valence-electron chi connectivity index (χ3n) is 4.03. The van der Waals surface area contributed by atoms with E-state index >= 15 is 0 Å². The van der Waals surface area contributed by atoms with Gasteiger partial charge in [0.25, 0.3) is 5.91 Å². The molecule has 0 saturated heterocycles. The zero-order valence-electron chi connectivity index (χ0n) is 15.3. The Balaban J connectivity index is 2.11. The Morgan fingerprint density at radius 2 is 1.73 bits per heavy atom. The van der Waals surface area contributed by atoms with Gasteiger partial charge in [0, 0.05) is 11.3 Å². The second kappa shape index (κ2) is 8.47. The molecule has 0 bridgehead atoms. The number of nitrogens with one attached hydrogen (secondary N) is 2. The molecule has 1 unspecified atom stereocenters. The molecule has 0 aliphatic carbocycles. The number of hydrogen-bond acceptors (Lipinski definition) is 3. The summed E-state index contributed by atoms with van der Waals surface area (Å²) in [6.07, 6.45) is 0. The van der Waals surface area contributed by atoms with Crippen molar-refractivity contribution in [2.45, 2.75) is 26.8 Å². The molecule has 138 valence electrons. The number of rotatable bonds is 6. The number of hydrogen-bond donors (Lipinski definition) is 2. The van der Waals surface area contributed by atoms with Crippen LogP contribution in [0.4, 0.5) is 10.1 Å². The lowest BCUT2D eigenvalue weighted by Crippen LogP contribution is -2.47. The summed E-state index contributed by atoms with van der Waals surface area (Å²) in [5, 5.41) is 5.51. The third kappa shape index (κ3) is 4.81. The highest BCUT2D eigenvalue weighted by atomic mass is 19.1. The average Bonchev–Trinajstić information content (AvgIpc) is 2.61. The van der Waals surface area contributed by atoms with Gasteiger partial charge in [-0.1, -0.05) is 13.8 Å². The molecule has 5 nitrogen and oxygen atoms in total. The van der Waals surface area contributed by atoms with E-state index < -0.39 is 6.04 Å². The number of carbonyl (C=O) groups excluding carboxylic acids is 2. The van der Waals surface area contributed by atoms with Crippen molar-refractivity contribution in [3.63, 3.8) is 0 Å². The summed E-state index contributed by atoms with van der Waals surface area (Å²) in [4.78, 5) is 25.1. The Kier molecular flexibility index (Phi) is 6.33. The summed E-state index contributed by atoms with van der Waals surface area (Å²) < 4.78 is 18.3. The Bertz CT molecular complexity index is 788. The van der Waals surface area contributed by atoms with Gasteiger partial charge in [-0.05, 0) is 60.9 Å². The molecule has 0 saturated carbocycles. The van der Waals surface area contributed by atoms with E-state index in [1.807, 2.05) is 13.8 Å². The molecule has 0 aromatic heterocycles. The maximum Gasteiger partial charge on any atom is 0.251 e. The average molecular weight is 358 g/mol. The van der Waals surface area contributed by atoms with Crippen LogP contribution in [0.5, 0.6) is 5.75 Å². The van der Waals surface area contributed by atoms with Crippen LogP contribution in [-0.2, 0) is 4.79 Å². The summed E-state index contributed by atoms with van der Waals surface area (Å²) in [6.45, 7) is 5.39. The summed E-state index contributed by atoms with van der Waals surface area (Å²) in [7, 11) is 1.55. The number of methoxy groups -OCH3 is 1. The van der Waals surface area contributed by atoms with E-state index in [0.717, 1.165) is 0 Å². The van der Waals surface area contributed by atoms with Gasteiger partial charge in [0.15, 0.2) is 0 Å². The van der Waals surface area contributed by atoms with Gasteiger partial charge in [0.2, 0.25) is 5.91 Å². The Labute approximate surface area is 152 Å². The predicted molar refractivity (Wildman–Crippen MR) is 98.9 cm³/mol. The molecule has 0 spiro atoms. The molecule has 26 heavy (non-hydrogen) atoms. The highest BCUT2D eigenvalue weighted by Gasteiger charge is 2.25. The molecule has 2 aromatic carbocycles. The maximum absolute atomic E-state index is 13.2. The minimum atomic E-state index is -0.728. The molecule has 0 radical (unpaired) electrons. The highest BCUT2D eigenvalue weighted by molar-refractivity contribution is 6.01. The van der Waals surface area contributed by atoms with Gasteiger partial charge in [-0.15, -0.1) is 0 Å². The zero-order valence-corrected chi connectivity index (χ0v) is 15.3. The number of carbonyl (C=O) groups is 2. The van der Waals surface area contributed by atoms with E-state index in [2.05, 4.69) is 10.6 Å². The van der Waals surface area contributed by atoms with Gasteiger partial charge >= 0.3 is 0 Å². The van der Waals surface area contributed by atoms with Crippen LogP contribution in [0.15, 0.2) is 42.5 Å². The standard InChI is InChI=1S/C20H23FN2O3/c1-12(2)18(20(25)22-17-10-7-15(21)11-13(17)3)23-19(24)14-5-8-16(26-4)9-6-14/h5-12,18H,1-4H3,(H,22,25)(H,23,24). The van der Waals surface area contributed by atoms with Gasteiger partial charge in [0.1, 0.15) is 17.6 Å². The van der Waals surface area contributed by atoms with Gasteiger partial charge < -0.3 is 15.4 Å². The van der Waals surface area contributed by atoms with Crippen LogP contribution in [0.1, 0.15) is 29.8 Å². The molecule has 0 aliphatic heterocycles. The van der Waals surface area contributed by atoms with Crippen molar-refractivity contribution >= 4 is 17.5 Å².